The van der Waals surface area contributed by atoms with Crippen LogP contribution in [0.15, 0.2) is 42.5 Å². The fourth-order valence-electron chi connectivity index (χ4n) is 4.38. The molecule has 30 heavy (non-hydrogen) atoms. The Labute approximate surface area is 185 Å². The zero-order chi connectivity index (χ0) is 22.7. The average Bonchev–Trinajstić information content (AvgIpc) is 2.68. The largest absolute Gasteiger partial charge is 0.463 e. The second-order valence-electron chi connectivity index (χ2n) is 8.94. The van der Waals surface area contributed by atoms with Gasteiger partial charge in [-0.1, -0.05) is 84.9 Å². The zero-order valence-electron chi connectivity index (χ0n) is 20.2. The molecule has 1 rings (SSSR count). The van der Waals surface area contributed by atoms with Gasteiger partial charge in [0.2, 0.25) is 8.32 Å². The Balaban J connectivity index is 3.03. The van der Waals surface area contributed by atoms with Crippen molar-refractivity contribution in [2.24, 2.45) is 5.92 Å². The predicted octanol–water partition coefficient (Wildman–Crippen LogP) is 6.52. The minimum absolute atomic E-state index is 0.0355. The molecule has 0 bridgehead atoms. The maximum Gasteiger partial charge on any atom is 0.330 e. The summed E-state index contributed by atoms with van der Waals surface area (Å²) in [7, 11) is -2.08. The average molecular weight is 435 g/mol. The molecular formula is C25H42O4Si. The zero-order valence-corrected chi connectivity index (χ0v) is 21.2. The maximum atomic E-state index is 11.8. The SMILES string of the molecule is CCOC(=O)/C=C/[C@@H](C)[C@H](COCc1ccccc1)O[Si](C(C)C)(C(C)C)C(C)C. The van der Waals surface area contributed by atoms with Crippen molar-refractivity contribution in [1.82, 2.24) is 0 Å². The van der Waals surface area contributed by atoms with Gasteiger partial charge in [0.15, 0.2) is 0 Å². The van der Waals surface area contributed by atoms with Crippen molar-refractivity contribution in [2.45, 2.75) is 84.7 Å². The normalized spacial score (nSPS) is 14.6. The van der Waals surface area contributed by atoms with Crippen molar-refractivity contribution >= 4 is 14.3 Å². The Morgan fingerprint density at radius 2 is 1.53 bits per heavy atom. The lowest BCUT2D eigenvalue weighted by Gasteiger charge is -2.45. The first-order chi connectivity index (χ1) is 14.1. The van der Waals surface area contributed by atoms with Crippen LogP contribution in [-0.4, -0.2) is 33.6 Å². The van der Waals surface area contributed by atoms with Crippen molar-refractivity contribution in [3.8, 4) is 0 Å². The summed E-state index contributed by atoms with van der Waals surface area (Å²) in [5.41, 5.74) is 2.59. The highest BCUT2D eigenvalue weighted by molar-refractivity contribution is 6.77. The number of rotatable bonds is 13. The fourth-order valence-corrected chi connectivity index (χ4v) is 10.00. The summed E-state index contributed by atoms with van der Waals surface area (Å²) in [5.74, 6) is -0.276. The number of ether oxygens (including phenoxy) is 2. The number of carbonyl (C=O) groups is 1. The van der Waals surface area contributed by atoms with Crippen LogP contribution in [0.3, 0.4) is 0 Å². The second-order valence-corrected chi connectivity index (χ2v) is 14.4. The van der Waals surface area contributed by atoms with Gasteiger partial charge in [0.25, 0.3) is 0 Å². The topological polar surface area (TPSA) is 44.8 Å². The number of hydrogen-bond donors (Lipinski definition) is 0. The number of carbonyl (C=O) groups excluding carboxylic acids is 1. The Hall–Kier alpha value is -1.43. The summed E-state index contributed by atoms with van der Waals surface area (Å²) in [4.78, 5) is 11.8. The third-order valence-corrected chi connectivity index (χ3v) is 12.0. The van der Waals surface area contributed by atoms with Gasteiger partial charge in [0, 0.05) is 12.0 Å². The minimum Gasteiger partial charge on any atom is -0.463 e. The first-order valence-corrected chi connectivity index (χ1v) is 13.4. The van der Waals surface area contributed by atoms with E-state index in [1.807, 2.05) is 31.2 Å². The third-order valence-electron chi connectivity index (χ3n) is 5.87. The van der Waals surface area contributed by atoms with E-state index in [9.17, 15) is 4.79 Å². The van der Waals surface area contributed by atoms with Crippen molar-refractivity contribution in [3.63, 3.8) is 0 Å². The molecule has 0 spiro atoms. The van der Waals surface area contributed by atoms with Gasteiger partial charge >= 0.3 is 5.97 Å². The summed E-state index contributed by atoms with van der Waals surface area (Å²) >= 11 is 0. The Morgan fingerprint density at radius 3 is 2.03 bits per heavy atom. The van der Waals surface area contributed by atoms with E-state index >= 15 is 0 Å². The molecule has 0 saturated carbocycles. The summed E-state index contributed by atoms with van der Waals surface area (Å²) in [6.45, 7) is 19.0. The second kappa shape index (κ2) is 13.1. The van der Waals surface area contributed by atoms with E-state index in [0.717, 1.165) is 5.56 Å². The first-order valence-electron chi connectivity index (χ1n) is 11.3. The molecule has 0 aliphatic heterocycles. The van der Waals surface area contributed by atoms with Crippen LogP contribution in [-0.2, 0) is 25.3 Å². The molecule has 170 valence electrons. The summed E-state index contributed by atoms with van der Waals surface area (Å²) in [6, 6.07) is 10.2. The van der Waals surface area contributed by atoms with E-state index < -0.39 is 8.32 Å². The molecule has 0 fully saturated rings. The lowest BCUT2D eigenvalue weighted by Crippen LogP contribution is -2.52. The van der Waals surface area contributed by atoms with Crippen LogP contribution in [0.2, 0.25) is 16.6 Å². The summed E-state index contributed by atoms with van der Waals surface area (Å²) in [6.07, 6.45) is 3.30. The van der Waals surface area contributed by atoms with Crippen LogP contribution in [0.25, 0.3) is 0 Å². The molecule has 1 aromatic rings. The molecule has 0 unspecified atom stereocenters. The van der Waals surface area contributed by atoms with E-state index in [0.29, 0.717) is 36.4 Å². The van der Waals surface area contributed by atoms with E-state index in [2.05, 4.69) is 60.6 Å². The van der Waals surface area contributed by atoms with Gasteiger partial charge in [-0.25, -0.2) is 4.79 Å². The van der Waals surface area contributed by atoms with Crippen LogP contribution < -0.4 is 0 Å². The smallest absolute Gasteiger partial charge is 0.330 e. The molecule has 0 radical (unpaired) electrons. The molecule has 0 heterocycles. The van der Waals surface area contributed by atoms with Crippen LogP contribution >= 0.6 is 0 Å². The van der Waals surface area contributed by atoms with E-state index in [1.165, 1.54) is 6.08 Å². The molecule has 1 aromatic carbocycles. The molecular weight excluding hydrogens is 392 g/mol. The quantitative estimate of drug-likeness (QED) is 0.201. The first kappa shape index (κ1) is 26.6. The lowest BCUT2D eigenvalue weighted by molar-refractivity contribution is -0.137. The summed E-state index contributed by atoms with van der Waals surface area (Å²) < 4.78 is 18.2. The van der Waals surface area contributed by atoms with Gasteiger partial charge in [0.1, 0.15) is 0 Å². The third kappa shape index (κ3) is 7.68. The van der Waals surface area contributed by atoms with Gasteiger partial charge in [0.05, 0.1) is 25.9 Å². The van der Waals surface area contributed by atoms with Gasteiger partial charge < -0.3 is 13.9 Å². The molecule has 0 N–H and O–H groups in total. The highest BCUT2D eigenvalue weighted by Crippen LogP contribution is 2.43. The van der Waals surface area contributed by atoms with E-state index in [1.54, 1.807) is 0 Å². The van der Waals surface area contributed by atoms with Crippen molar-refractivity contribution < 1.29 is 18.7 Å². The number of esters is 1. The lowest BCUT2D eigenvalue weighted by atomic mass is 10.1. The monoisotopic (exact) mass is 434 g/mol. The standard InChI is InChI=1S/C25H42O4Si/c1-9-28-25(26)16-15-22(8)24(18-27-17-23-13-11-10-12-14-23)29-30(19(2)3,20(4)5)21(6)7/h10-16,19-22,24H,9,17-18H2,1-8H3/b16-15+/t22-,24+/m1/s1. The van der Waals surface area contributed by atoms with Crippen LogP contribution in [0.4, 0.5) is 0 Å². The Morgan fingerprint density at radius 1 is 0.967 bits per heavy atom. The van der Waals surface area contributed by atoms with Gasteiger partial charge in [-0.3, -0.25) is 0 Å². The molecule has 0 aromatic heterocycles. The van der Waals surface area contributed by atoms with E-state index in [-0.39, 0.29) is 18.0 Å². The van der Waals surface area contributed by atoms with Crippen LogP contribution in [0, 0.1) is 5.92 Å². The van der Waals surface area contributed by atoms with Gasteiger partial charge in [-0.2, -0.15) is 0 Å². The maximum absolute atomic E-state index is 11.8. The molecule has 0 aliphatic rings. The van der Waals surface area contributed by atoms with Crippen LogP contribution in [0.5, 0.6) is 0 Å². The fraction of sp³-hybridized carbons (Fsp3) is 0.640. The molecule has 4 nitrogen and oxygen atoms in total. The summed E-state index contributed by atoms with van der Waals surface area (Å²) in [5, 5.41) is 0. The Bertz CT molecular complexity index is 618. The van der Waals surface area contributed by atoms with Gasteiger partial charge in [-0.05, 0) is 29.1 Å². The van der Waals surface area contributed by atoms with E-state index in [4.69, 9.17) is 13.9 Å². The molecule has 0 amide bonds. The Kier molecular flexibility index (Phi) is 11.6. The highest BCUT2D eigenvalue weighted by atomic mass is 28.4. The predicted molar refractivity (Wildman–Crippen MR) is 127 cm³/mol. The molecule has 5 heteroatoms. The van der Waals surface area contributed by atoms with Gasteiger partial charge in [-0.15, -0.1) is 0 Å². The minimum atomic E-state index is -2.08. The highest BCUT2D eigenvalue weighted by Gasteiger charge is 2.47. The number of benzene rings is 1. The molecule has 2 atom stereocenters. The van der Waals surface area contributed by atoms with Crippen molar-refractivity contribution in [1.29, 1.82) is 0 Å². The molecule has 0 saturated heterocycles. The number of hydrogen-bond acceptors (Lipinski definition) is 4. The molecule has 0 aliphatic carbocycles. The van der Waals surface area contributed by atoms with Crippen molar-refractivity contribution in [3.05, 3.63) is 48.0 Å². The van der Waals surface area contributed by atoms with Crippen molar-refractivity contribution in [2.75, 3.05) is 13.2 Å². The van der Waals surface area contributed by atoms with Crippen LogP contribution in [0.1, 0.15) is 61.0 Å².